The fourth-order valence-corrected chi connectivity index (χ4v) is 0.835. The number of hydrogen-bond acceptors (Lipinski definition) is 2. The molecule has 0 radical (unpaired) electrons. The van der Waals surface area contributed by atoms with Gasteiger partial charge in [-0.2, -0.15) is 0 Å². The predicted octanol–water partition coefficient (Wildman–Crippen LogP) is 2.88. The number of unbranched alkanes of at least 4 members (excludes halogenated alkanes) is 1. The van der Waals surface area contributed by atoms with Crippen LogP contribution in [0.15, 0.2) is 0 Å². The average molecular weight is 176 g/mol. The van der Waals surface area contributed by atoms with Crippen molar-refractivity contribution in [3.63, 3.8) is 0 Å². The second kappa shape index (κ2) is 12.4. The molecule has 0 aliphatic heterocycles. The molecule has 0 heterocycles. The summed E-state index contributed by atoms with van der Waals surface area (Å²) < 4.78 is 8.06. The van der Waals surface area contributed by atoms with E-state index in [-0.39, 0.29) is 0 Å². The van der Waals surface area contributed by atoms with Gasteiger partial charge in [0.1, 0.15) is 15.4 Å². The summed E-state index contributed by atoms with van der Waals surface area (Å²) in [6.45, 7) is 4.21. The monoisotopic (exact) mass is 176 g/mol. The standard InChI is InChI=1S/C8H16O.HOP/c1-3-5-6-8(4-2)7-9;1-2/h7-8H,3-6H2,1-2H3;2H. The van der Waals surface area contributed by atoms with Gasteiger partial charge in [-0.3, -0.25) is 4.57 Å². The Kier molecular flexibility index (Phi) is 15.1. The fraction of sp³-hybridized carbons (Fsp3) is 0.875. The smallest absolute Gasteiger partial charge is 0.138 e. The first kappa shape index (κ1) is 13.4. The van der Waals surface area contributed by atoms with E-state index < -0.39 is 0 Å². The van der Waals surface area contributed by atoms with Crippen molar-refractivity contribution in [2.75, 3.05) is 0 Å². The summed E-state index contributed by atoms with van der Waals surface area (Å²) in [5.74, 6) is 0.324. The number of carbonyl (C=O) groups excluding carboxylic acids is 1. The maximum atomic E-state index is 10.2. The lowest BCUT2D eigenvalue weighted by Crippen LogP contribution is -1.98. The first-order valence-corrected chi connectivity index (χ1v) is 4.41. The van der Waals surface area contributed by atoms with E-state index in [1.54, 1.807) is 9.12 Å². The van der Waals surface area contributed by atoms with Gasteiger partial charge in [0.15, 0.2) is 0 Å². The van der Waals surface area contributed by atoms with Crippen LogP contribution in [0, 0.1) is 5.92 Å². The van der Waals surface area contributed by atoms with Crippen molar-refractivity contribution >= 4 is 15.4 Å². The van der Waals surface area contributed by atoms with Gasteiger partial charge in [-0.1, -0.05) is 26.7 Å². The van der Waals surface area contributed by atoms with Gasteiger partial charge in [-0.15, -0.1) is 0 Å². The van der Waals surface area contributed by atoms with E-state index in [1.165, 1.54) is 12.8 Å². The molecule has 1 atom stereocenters. The van der Waals surface area contributed by atoms with Crippen LogP contribution in [0.5, 0.6) is 0 Å². The molecular weight excluding hydrogens is 159 g/mol. The number of rotatable bonds is 5. The van der Waals surface area contributed by atoms with Gasteiger partial charge in [0.25, 0.3) is 0 Å². The van der Waals surface area contributed by atoms with Crippen molar-refractivity contribution < 1.29 is 9.36 Å². The van der Waals surface area contributed by atoms with Crippen LogP contribution >= 0.6 is 9.12 Å². The lowest BCUT2D eigenvalue weighted by Gasteiger charge is -2.03. The number of hydrogen-bond donors (Lipinski definition) is 0. The van der Waals surface area contributed by atoms with Crippen molar-refractivity contribution in [1.82, 2.24) is 0 Å². The molecule has 1 unspecified atom stereocenters. The van der Waals surface area contributed by atoms with Crippen LogP contribution in [0.2, 0.25) is 0 Å². The van der Waals surface area contributed by atoms with Crippen LogP contribution in [-0.4, -0.2) is 6.29 Å². The molecule has 0 rings (SSSR count). The lowest BCUT2D eigenvalue weighted by atomic mass is 10.0. The van der Waals surface area contributed by atoms with E-state index in [0.29, 0.717) is 5.92 Å². The van der Waals surface area contributed by atoms with Crippen molar-refractivity contribution in [3.8, 4) is 0 Å². The SMILES string of the molecule is CCCCC(C=O)CC.O=P. The summed E-state index contributed by atoms with van der Waals surface area (Å²) in [5.41, 5.74) is 0. The molecule has 0 aliphatic carbocycles. The molecular formula is C8H17O2P. The van der Waals surface area contributed by atoms with E-state index >= 15 is 0 Å². The van der Waals surface area contributed by atoms with E-state index in [4.69, 9.17) is 4.57 Å². The highest BCUT2D eigenvalue weighted by molar-refractivity contribution is 7.00. The molecule has 0 amide bonds. The number of aldehydes is 1. The van der Waals surface area contributed by atoms with Crippen molar-refractivity contribution in [2.45, 2.75) is 39.5 Å². The third-order valence-corrected chi connectivity index (χ3v) is 1.65. The summed E-state index contributed by atoms with van der Waals surface area (Å²) in [6, 6.07) is 0. The predicted molar refractivity (Wildman–Crippen MR) is 48.4 cm³/mol. The number of carbonyl (C=O) groups is 1. The molecule has 0 spiro atoms. The Morgan fingerprint density at radius 2 is 1.91 bits per heavy atom. The van der Waals surface area contributed by atoms with Crippen molar-refractivity contribution in [3.05, 3.63) is 0 Å². The molecule has 2 nitrogen and oxygen atoms in total. The van der Waals surface area contributed by atoms with Crippen LogP contribution < -0.4 is 0 Å². The molecule has 0 aromatic heterocycles. The molecule has 0 aliphatic rings. The highest BCUT2D eigenvalue weighted by atomic mass is 31.0. The molecule has 0 aromatic carbocycles. The van der Waals surface area contributed by atoms with E-state index in [9.17, 15) is 4.79 Å². The first-order valence-electron chi connectivity index (χ1n) is 4.00. The maximum absolute atomic E-state index is 10.2. The lowest BCUT2D eigenvalue weighted by molar-refractivity contribution is -0.111. The second-order valence-corrected chi connectivity index (χ2v) is 2.45. The third kappa shape index (κ3) is 9.77. The normalized spacial score (nSPS) is 11.1. The minimum atomic E-state index is 0.324. The van der Waals surface area contributed by atoms with E-state index in [2.05, 4.69) is 13.8 Å². The summed E-state index contributed by atoms with van der Waals surface area (Å²) >= 11 is 0. The quantitative estimate of drug-likeness (QED) is 0.476. The molecule has 3 heteroatoms. The van der Waals surface area contributed by atoms with Crippen LogP contribution in [-0.2, 0) is 9.36 Å². The minimum Gasteiger partial charge on any atom is -0.303 e. The topological polar surface area (TPSA) is 34.1 Å². The summed E-state index contributed by atoms with van der Waals surface area (Å²) in [7, 11) is 1.72. The Labute approximate surface area is 71.0 Å². The average Bonchev–Trinajstić information content (AvgIpc) is 2.10. The molecule has 0 fully saturated rings. The van der Waals surface area contributed by atoms with Crippen LogP contribution in [0.1, 0.15) is 39.5 Å². The Morgan fingerprint density at radius 3 is 2.18 bits per heavy atom. The Hall–Kier alpha value is -0.230. The van der Waals surface area contributed by atoms with Crippen LogP contribution in [0.3, 0.4) is 0 Å². The van der Waals surface area contributed by atoms with Crippen molar-refractivity contribution in [2.24, 2.45) is 5.92 Å². The van der Waals surface area contributed by atoms with Gasteiger partial charge in [0.05, 0.1) is 0 Å². The van der Waals surface area contributed by atoms with Crippen LogP contribution in [0.25, 0.3) is 0 Å². The molecule has 66 valence electrons. The van der Waals surface area contributed by atoms with Gasteiger partial charge in [0, 0.05) is 5.92 Å². The molecule has 0 aromatic rings. The first-order chi connectivity index (χ1) is 5.35. The zero-order valence-electron chi connectivity index (χ0n) is 7.30. The maximum Gasteiger partial charge on any atom is 0.138 e. The Balaban J connectivity index is 0. The highest BCUT2D eigenvalue weighted by Gasteiger charge is 2.01. The van der Waals surface area contributed by atoms with E-state index in [0.717, 1.165) is 19.1 Å². The third-order valence-electron chi connectivity index (χ3n) is 1.65. The Bertz CT molecular complexity index is 86.2. The largest absolute Gasteiger partial charge is 0.303 e. The zero-order valence-corrected chi connectivity index (χ0v) is 8.30. The molecule has 0 saturated heterocycles. The van der Waals surface area contributed by atoms with Gasteiger partial charge >= 0.3 is 0 Å². The van der Waals surface area contributed by atoms with Crippen molar-refractivity contribution in [1.29, 1.82) is 0 Å². The highest BCUT2D eigenvalue weighted by Crippen LogP contribution is 2.08. The summed E-state index contributed by atoms with van der Waals surface area (Å²) in [6.07, 6.45) is 5.55. The summed E-state index contributed by atoms with van der Waals surface area (Å²) in [5, 5.41) is 0. The second-order valence-electron chi connectivity index (χ2n) is 2.45. The van der Waals surface area contributed by atoms with E-state index in [1.807, 2.05) is 0 Å². The molecule has 0 bridgehead atoms. The fourth-order valence-electron chi connectivity index (χ4n) is 0.835. The van der Waals surface area contributed by atoms with Gasteiger partial charge in [-0.05, 0) is 12.8 Å². The summed E-state index contributed by atoms with van der Waals surface area (Å²) in [4.78, 5) is 10.2. The van der Waals surface area contributed by atoms with Crippen LogP contribution in [0.4, 0.5) is 0 Å². The molecule has 0 saturated carbocycles. The van der Waals surface area contributed by atoms with Gasteiger partial charge in [0.2, 0.25) is 0 Å². The minimum absolute atomic E-state index is 0.324. The molecule has 11 heavy (non-hydrogen) atoms. The van der Waals surface area contributed by atoms with Gasteiger partial charge in [-0.25, -0.2) is 0 Å². The van der Waals surface area contributed by atoms with Gasteiger partial charge < -0.3 is 4.79 Å². The Morgan fingerprint density at radius 1 is 1.36 bits per heavy atom. The molecule has 0 N–H and O–H groups in total. The zero-order chi connectivity index (χ0) is 9.11.